The molecule has 2 aromatic carbocycles. The Bertz CT molecular complexity index is 735. The number of halogens is 3. The molecule has 0 atom stereocenters. The molecule has 1 amide bonds. The fraction of sp³-hybridized carbons (Fsp3) is 0.0667. The second kappa shape index (κ2) is 7.80. The zero-order valence-electron chi connectivity index (χ0n) is 11.4. The first-order valence-corrected chi connectivity index (χ1v) is 7.96. The number of amides is 1. The molecule has 0 spiro atoms. The third-order valence-corrected chi connectivity index (χ3v) is 4.15. The van der Waals surface area contributed by atoms with Crippen LogP contribution in [-0.2, 0) is 0 Å². The monoisotopic (exact) mass is 448 g/mol. The number of carbonyl (C=O) groups excluding carboxylic acids is 1. The second-order valence-corrected chi connectivity index (χ2v) is 6.22. The highest BCUT2D eigenvalue weighted by molar-refractivity contribution is 14.1. The Labute approximate surface area is 151 Å². The SMILES string of the molecule is COc1ccc(C(=O)NN=Cc2ccc(Cl)cc2Cl)cc1I. The van der Waals surface area contributed by atoms with Crippen molar-refractivity contribution in [1.29, 1.82) is 0 Å². The smallest absolute Gasteiger partial charge is 0.271 e. The molecule has 0 radical (unpaired) electrons. The molecule has 0 fully saturated rings. The number of methoxy groups -OCH3 is 1. The molecule has 0 aliphatic rings. The van der Waals surface area contributed by atoms with E-state index in [1.54, 1.807) is 43.5 Å². The van der Waals surface area contributed by atoms with Crippen molar-refractivity contribution in [1.82, 2.24) is 5.43 Å². The molecule has 2 aromatic rings. The summed E-state index contributed by atoms with van der Waals surface area (Å²) in [7, 11) is 1.58. The van der Waals surface area contributed by atoms with E-state index in [2.05, 4.69) is 33.1 Å². The van der Waals surface area contributed by atoms with E-state index in [1.807, 2.05) is 0 Å². The average Bonchev–Trinajstić information content (AvgIpc) is 2.49. The number of carbonyl (C=O) groups is 1. The van der Waals surface area contributed by atoms with E-state index in [4.69, 9.17) is 27.9 Å². The summed E-state index contributed by atoms with van der Waals surface area (Å²) in [5.74, 6) is 0.399. The summed E-state index contributed by atoms with van der Waals surface area (Å²) in [5, 5.41) is 4.90. The lowest BCUT2D eigenvalue weighted by Crippen LogP contribution is -2.17. The van der Waals surface area contributed by atoms with E-state index in [9.17, 15) is 4.79 Å². The van der Waals surface area contributed by atoms with Gasteiger partial charge in [0.2, 0.25) is 0 Å². The number of nitrogens with one attached hydrogen (secondary N) is 1. The van der Waals surface area contributed by atoms with Crippen LogP contribution in [0.1, 0.15) is 15.9 Å². The maximum absolute atomic E-state index is 12.0. The molecule has 4 nitrogen and oxygen atoms in total. The molecule has 22 heavy (non-hydrogen) atoms. The predicted octanol–water partition coefficient (Wildman–Crippen LogP) is 4.37. The molecule has 0 saturated heterocycles. The van der Waals surface area contributed by atoms with Crippen molar-refractivity contribution >= 4 is 57.9 Å². The summed E-state index contributed by atoms with van der Waals surface area (Å²) in [6.07, 6.45) is 1.46. The number of ether oxygens (including phenoxy) is 1. The number of hydrazone groups is 1. The summed E-state index contributed by atoms with van der Waals surface area (Å²) in [6, 6.07) is 10.1. The van der Waals surface area contributed by atoms with Gasteiger partial charge in [0, 0.05) is 16.1 Å². The van der Waals surface area contributed by atoms with E-state index < -0.39 is 0 Å². The van der Waals surface area contributed by atoms with Crippen LogP contribution < -0.4 is 10.2 Å². The maximum Gasteiger partial charge on any atom is 0.271 e. The van der Waals surface area contributed by atoms with Gasteiger partial charge in [0.15, 0.2) is 0 Å². The fourth-order valence-corrected chi connectivity index (χ4v) is 2.83. The van der Waals surface area contributed by atoms with Gasteiger partial charge in [-0.15, -0.1) is 0 Å². The fourth-order valence-electron chi connectivity index (χ4n) is 1.64. The molecule has 7 heteroatoms. The van der Waals surface area contributed by atoms with Gasteiger partial charge in [-0.1, -0.05) is 29.3 Å². The number of benzene rings is 2. The maximum atomic E-state index is 12.0. The van der Waals surface area contributed by atoms with E-state index in [0.717, 1.165) is 3.57 Å². The summed E-state index contributed by atoms with van der Waals surface area (Å²) in [5.41, 5.74) is 3.60. The summed E-state index contributed by atoms with van der Waals surface area (Å²) in [4.78, 5) is 12.0. The molecular weight excluding hydrogens is 438 g/mol. The van der Waals surface area contributed by atoms with Crippen molar-refractivity contribution in [3.63, 3.8) is 0 Å². The molecule has 0 saturated carbocycles. The molecule has 0 bridgehead atoms. The normalized spacial score (nSPS) is 10.7. The van der Waals surface area contributed by atoms with Crippen molar-refractivity contribution in [3.8, 4) is 5.75 Å². The first-order chi connectivity index (χ1) is 10.5. The van der Waals surface area contributed by atoms with E-state index >= 15 is 0 Å². The zero-order chi connectivity index (χ0) is 16.1. The third-order valence-electron chi connectivity index (χ3n) is 2.75. The minimum Gasteiger partial charge on any atom is -0.496 e. The molecular formula is C15H11Cl2IN2O2. The van der Waals surface area contributed by atoms with Crippen LogP contribution in [0.25, 0.3) is 0 Å². The Kier molecular flexibility index (Phi) is 6.05. The van der Waals surface area contributed by atoms with Crippen LogP contribution in [0.15, 0.2) is 41.5 Å². The summed E-state index contributed by atoms with van der Waals surface area (Å²) in [6.45, 7) is 0. The number of rotatable bonds is 4. The molecule has 0 heterocycles. The Hall–Kier alpha value is -1.31. The Morgan fingerprint density at radius 3 is 2.68 bits per heavy atom. The Balaban J connectivity index is 2.06. The van der Waals surface area contributed by atoms with Gasteiger partial charge in [-0.25, -0.2) is 5.43 Å². The van der Waals surface area contributed by atoms with Crippen LogP contribution in [0, 0.1) is 3.57 Å². The topological polar surface area (TPSA) is 50.7 Å². The minimum absolute atomic E-state index is 0.318. The van der Waals surface area contributed by atoms with Crippen LogP contribution in [0.4, 0.5) is 0 Å². The molecule has 0 aromatic heterocycles. The van der Waals surface area contributed by atoms with Gasteiger partial charge in [-0.2, -0.15) is 5.10 Å². The van der Waals surface area contributed by atoms with Gasteiger partial charge in [0.05, 0.1) is 21.9 Å². The van der Waals surface area contributed by atoms with Crippen LogP contribution >= 0.6 is 45.8 Å². The largest absolute Gasteiger partial charge is 0.496 e. The highest BCUT2D eigenvalue weighted by atomic mass is 127. The number of hydrogen-bond acceptors (Lipinski definition) is 3. The van der Waals surface area contributed by atoms with E-state index in [0.29, 0.717) is 26.9 Å². The molecule has 114 valence electrons. The minimum atomic E-state index is -0.318. The van der Waals surface area contributed by atoms with Crippen LogP contribution in [-0.4, -0.2) is 19.2 Å². The van der Waals surface area contributed by atoms with E-state index in [1.165, 1.54) is 6.21 Å². The molecule has 0 unspecified atom stereocenters. The van der Waals surface area contributed by atoms with Gasteiger partial charge in [0.1, 0.15) is 5.75 Å². The van der Waals surface area contributed by atoms with Crippen molar-refractivity contribution < 1.29 is 9.53 Å². The predicted molar refractivity (Wildman–Crippen MR) is 97.2 cm³/mol. The zero-order valence-corrected chi connectivity index (χ0v) is 15.1. The second-order valence-electron chi connectivity index (χ2n) is 4.21. The van der Waals surface area contributed by atoms with E-state index in [-0.39, 0.29) is 5.91 Å². The highest BCUT2D eigenvalue weighted by Crippen LogP contribution is 2.21. The van der Waals surface area contributed by atoms with Crippen LogP contribution in [0.2, 0.25) is 10.0 Å². The average molecular weight is 449 g/mol. The lowest BCUT2D eigenvalue weighted by atomic mass is 10.2. The molecule has 0 aliphatic heterocycles. The Morgan fingerprint density at radius 2 is 2.05 bits per heavy atom. The Morgan fingerprint density at radius 1 is 1.27 bits per heavy atom. The quantitative estimate of drug-likeness (QED) is 0.429. The standard InChI is InChI=1S/C15H11Cl2IN2O2/c1-22-14-5-3-9(6-13(14)18)15(21)20-19-8-10-2-4-11(16)7-12(10)17/h2-8H,1H3,(H,20,21). The first-order valence-electron chi connectivity index (χ1n) is 6.13. The third kappa shape index (κ3) is 4.34. The van der Waals surface area contributed by atoms with Crippen LogP contribution in [0.5, 0.6) is 5.75 Å². The molecule has 0 aliphatic carbocycles. The van der Waals surface area contributed by atoms with Gasteiger partial charge in [-0.05, 0) is 52.9 Å². The van der Waals surface area contributed by atoms with Gasteiger partial charge in [0.25, 0.3) is 5.91 Å². The lowest BCUT2D eigenvalue weighted by molar-refractivity contribution is 0.0955. The van der Waals surface area contributed by atoms with Crippen molar-refractivity contribution in [2.75, 3.05) is 7.11 Å². The summed E-state index contributed by atoms with van der Waals surface area (Å²) < 4.78 is 5.99. The number of nitrogens with zero attached hydrogens (tertiary/aromatic N) is 1. The number of hydrogen-bond donors (Lipinski definition) is 1. The lowest BCUT2D eigenvalue weighted by Gasteiger charge is -2.05. The molecule has 2 rings (SSSR count). The van der Waals surface area contributed by atoms with Crippen molar-refractivity contribution in [3.05, 3.63) is 61.1 Å². The van der Waals surface area contributed by atoms with Crippen LogP contribution in [0.3, 0.4) is 0 Å². The summed E-state index contributed by atoms with van der Waals surface area (Å²) >= 11 is 13.9. The van der Waals surface area contributed by atoms with Crippen molar-refractivity contribution in [2.45, 2.75) is 0 Å². The first kappa shape index (κ1) is 17.1. The van der Waals surface area contributed by atoms with Gasteiger partial charge >= 0.3 is 0 Å². The van der Waals surface area contributed by atoms with Crippen molar-refractivity contribution in [2.24, 2.45) is 5.10 Å². The van der Waals surface area contributed by atoms with Gasteiger partial charge < -0.3 is 4.74 Å². The highest BCUT2D eigenvalue weighted by Gasteiger charge is 2.08. The molecule has 1 N–H and O–H groups in total. The van der Waals surface area contributed by atoms with Gasteiger partial charge in [-0.3, -0.25) is 4.79 Å².